The third-order valence-electron chi connectivity index (χ3n) is 5.28. The molecule has 1 aromatic heterocycles. The minimum atomic E-state index is 0.332. The van der Waals surface area contributed by atoms with Crippen molar-refractivity contribution < 1.29 is 9.84 Å². The van der Waals surface area contributed by atoms with Crippen LogP contribution in [0.15, 0.2) is 54.6 Å². The molecule has 0 atom stereocenters. The molecule has 0 radical (unpaired) electrons. The number of piperidine rings is 1. The Balaban J connectivity index is 1.31. The highest BCUT2D eigenvalue weighted by atomic mass is 16.5. The van der Waals surface area contributed by atoms with Crippen molar-refractivity contribution in [2.24, 2.45) is 5.92 Å². The van der Waals surface area contributed by atoms with Gasteiger partial charge in [0.2, 0.25) is 0 Å². The molecule has 2 aromatic carbocycles. The lowest BCUT2D eigenvalue weighted by atomic mass is 9.97. The second-order valence-electron chi connectivity index (χ2n) is 7.40. The molecule has 3 aromatic rings. The highest BCUT2D eigenvalue weighted by Gasteiger charge is 2.21. The molecule has 4 rings (SSSR count). The van der Waals surface area contributed by atoms with Crippen LogP contribution in [0.2, 0.25) is 0 Å². The lowest BCUT2D eigenvalue weighted by Crippen LogP contribution is -2.35. The lowest BCUT2D eigenvalue weighted by molar-refractivity contribution is 0.131. The average Bonchev–Trinajstić information content (AvgIpc) is 3.08. The summed E-state index contributed by atoms with van der Waals surface area (Å²) in [5.74, 6) is 1.67. The van der Waals surface area contributed by atoms with Crippen molar-refractivity contribution in [3.8, 4) is 17.4 Å². The van der Waals surface area contributed by atoms with Crippen LogP contribution in [0.1, 0.15) is 24.2 Å². The quantitative estimate of drug-likeness (QED) is 0.710. The van der Waals surface area contributed by atoms with E-state index in [1.54, 1.807) is 6.07 Å². The molecule has 1 fully saturated rings. The Morgan fingerprint density at radius 3 is 2.57 bits per heavy atom. The Bertz CT molecular complexity index is 902. The number of hydrogen-bond donors (Lipinski definition) is 1. The molecule has 28 heavy (non-hydrogen) atoms. The van der Waals surface area contributed by atoms with E-state index in [4.69, 9.17) is 4.74 Å². The van der Waals surface area contributed by atoms with Crippen LogP contribution in [0.4, 0.5) is 0 Å². The molecule has 1 N–H and O–H groups in total. The summed E-state index contributed by atoms with van der Waals surface area (Å²) in [6.07, 6.45) is 2.19. The Morgan fingerprint density at radius 2 is 1.82 bits per heavy atom. The molecule has 2 heterocycles. The largest absolute Gasteiger partial charge is 0.508 e. The number of para-hydroxylation sites is 1. The number of phenols is 1. The summed E-state index contributed by atoms with van der Waals surface area (Å²) in [6, 6.07) is 18.1. The second kappa shape index (κ2) is 8.44. The molecule has 6 nitrogen and oxygen atoms in total. The zero-order valence-electron chi connectivity index (χ0n) is 16.2. The average molecular weight is 378 g/mol. The number of benzene rings is 2. The molecule has 1 aliphatic rings. The molecule has 1 aliphatic heterocycles. The number of ether oxygens (including phenoxy) is 1. The molecule has 0 spiro atoms. The van der Waals surface area contributed by atoms with Crippen LogP contribution in [0, 0.1) is 12.8 Å². The SMILES string of the molecule is Cc1nnc(OCC2CCN(Cc3cccc(O)c3)CC2)n1-c1ccccc1. The van der Waals surface area contributed by atoms with E-state index in [1.165, 1.54) is 0 Å². The summed E-state index contributed by atoms with van der Waals surface area (Å²) < 4.78 is 8.01. The van der Waals surface area contributed by atoms with Crippen molar-refractivity contribution in [2.75, 3.05) is 19.7 Å². The summed E-state index contributed by atoms with van der Waals surface area (Å²) >= 11 is 0. The first-order chi connectivity index (χ1) is 13.7. The smallest absolute Gasteiger partial charge is 0.321 e. The van der Waals surface area contributed by atoms with E-state index in [-0.39, 0.29) is 0 Å². The summed E-state index contributed by atoms with van der Waals surface area (Å²) in [5.41, 5.74) is 2.17. The fourth-order valence-electron chi connectivity index (χ4n) is 3.73. The van der Waals surface area contributed by atoms with Crippen LogP contribution >= 0.6 is 0 Å². The van der Waals surface area contributed by atoms with Crippen molar-refractivity contribution in [1.29, 1.82) is 0 Å². The van der Waals surface area contributed by atoms with Gasteiger partial charge in [0.05, 0.1) is 12.3 Å². The zero-order chi connectivity index (χ0) is 19.3. The number of phenolic OH excluding ortho intramolecular Hbond substituents is 1. The van der Waals surface area contributed by atoms with Gasteiger partial charge in [0, 0.05) is 6.54 Å². The molecule has 0 unspecified atom stereocenters. The molecule has 6 heteroatoms. The number of rotatable bonds is 6. The standard InChI is InChI=1S/C22H26N4O2/c1-17-23-24-22(26(17)20-7-3-2-4-8-20)28-16-18-10-12-25(13-11-18)15-19-6-5-9-21(27)14-19/h2-9,14,18,27H,10-13,15-16H2,1H3. The molecular formula is C22H26N4O2. The van der Waals surface area contributed by atoms with Crippen LogP contribution < -0.4 is 4.74 Å². The number of aromatic nitrogens is 3. The van der Waals surface area contributed by atoms with Gasteiger partial charge in [-0.15, -0.1) is 5.10 Å². The van der Waals surface area contributed by atoms with Crippen molar-refractivity contribution >= 4 is 0 Å². The summed E-state index contributed by atoms with van der Waals surface area (Å²) in [7, 11) is 0. The predicted molar refractivity (Wildman–Crippen MR) is 108 cm³/mol. The van der Waals surface area contributed by atoms with Crippen LogP contribution in [0.3, 0.4) is 0 Å². The van der Waals surface area contributed by atoms with Crippen LogP contribution in [-0.4, -0.2) is 44.5 Å². The highest BCUT2D eigenvalue weighted by molar-refractivity contribution is 5.35. The van der Waals surface area contributed by atoms with Gasteiger partial charge in [0.1, 0.15) is 11.6 Å². The molecule has 0 aliphatic carbocycles. The molecule has 0 saturated carbocycles. The van der Waals surface area contributed by atoms with Gasteiger partial charge in [-0.05, 0) is 68.6 Å². The topological polar surface area (TPSA) is 63.4 Å². The van der Waals surface area contributed by atoms with Crippen molar-refractivity contribution in [3.05, 3.63) is 66.0 Å². The van der Waals surface area contributed by atoms with Gasteiger partial charge in [-0.3, -0.25) is 4.90 Å². The minimum Gasteiger partial charge on any atom is -0.508 e. The first-order valence-corrected chi connectivity index (χ1v) is 9.79. The summed E-state index contributed by atoms with van der Waals surface area (Å²) in [5, 5.41) is 18.0. The molecule has 146 valence electrons. The van der Waals surface area contributed by atoms with E-state index in [0.29, 0.717) is 24.3 Å². The van der Waals surface area contributed by atoms with Gasteiger partial charge in [-0.2, -0.15) is 0 Å². The zero-order valence-corrected chi connectivity index (χ0v) is 16.2. The fourth-order valence-corrected chi connectivity index (χ4v) is 3.73. The second-order valence-corrected chi connectivity index (χ2v) is 7.40. The highest BCUT2D eigenvalue weighted by Crippen LogP contribution is 2.23. The molecule has 1 saturated heterocycles. The van der Waals surface area contributed by atoms with E-state index in [9.17, 15) is 5.11 Å². The summed E-state index contributed by atoms with van der Waals surface area (Å²) in [4.78, 5) is 2.43. The molecular weight excluding hydrogens is 352 g/mol. The fraction of sp³-hybridized carbons (Fsp3) is 0.364. The maximum Gasteiger partial charge on any atom is 0.321 e. The van der Waals surface area contributed by atoms with Crippen molar-refractivity contribution in [3.63, 3.8) is 0 Å². The van der Waals surface area contributed by atoms with Gasteiger partial charge in [-0.1, -0.05) is 35.4 Å². The monoisotopic (exact) mass is 378 g/mol. The Hall–Kier alpha value is -2.86. The number of aromatic hydroxyl groups is 1. The minimum absolute atomic E-state index is 0.332. The first kappa shape index (κ1) is 18.5. The van der Waals surface area contributed by atoms with Gasteiger partial charge in [-0.25, -0.2) is 4.57 Å². The Kier molecular flexibility index (Phi) is 5.58. The third-order valence-corrected chi connectivity index (χ3v) is 5.28. The van der Waals surface area contributed by atoms with E-state index in [1.807, 2.05) is 54.0 Å². The van der Waals surface area contributed by atoms with E-state index in [0.717, 1.165) is 49.6 Å². The molecule has 0 amide bonds. The third kappa shape index (κ3) is 4.34. The van der Waals surface area contributed by atoms with E-state index < -0.39 is 0 Å². The van der Waals surface area contributed by atoms with E-state index >= 15 is 0 Å². The lowest BCUT2D eigenvalue weighted by Gasteiger charge is -2.31. The van der Waals surface area contributed by atoms with E-state index in [2.05, 4.69) is 21.2 Å². The Morgan fingerprint density at radius 1 is 1.04 bits per heavy atom. The Labute approximate surface area is 165 Å². The van der Waals surface area contributed by atoms with Crippen molar-refractivity contribution in [1.82, 2.24) is 19.7 Å². The van der Waals surface area contributed by atoms with Crippen LogP contribution in [0.25, 0.3) is 5.69 Å². The maximum absolute atomic E-state index is 9.62. The number of likely N-dealkylation sites (tertiary alicyclic amines) is 1. The predicted octanol–water partition coefficient (Wildman–Crippen LogP) is 3.57. The number of aryl methyl sites for hydroxylation is 1. The van der Waals surface area contributed by atoms with Gasteiger partial charge < -0.3 is 9.84 Å². The maximum atomic E-state index is 9.62. The number of nitrogens with zero attached hydrogens (tertiary/aromatic N) is 4. The van der Waals surface area contributed by atoms with Gasteiger partial charge in [0.25, 0.3) is 0 Å². The summed E-state index contributed by atoms with van der Waals surface area (Å²) in [6.45, 7) is 5.54. The van der Waals surface area contributed by atoms with Crippen LogP contribution in [0.5, 0.6) is 11.8 Å². The van der Waals surface area contributed by atoms with Gasteiger partial charge >= 0.3 is 6.01 Å². The normalized spacial score (nSPS) is 15.6. The van der Waals surface area contributed by atoms with Crippen molar-refractivity contribution in [2.45, 2.75) is 26.3 Å². The first-order valence-electron chi connectivity index (χ1n) is 9.79. The van der Waals surface area contributed by atoms with Crippen LogP contribution in [-0.2, 0) is 6.54 Å². The van der Waals surface area contributed by atoms with Gasteiger partial charge in [0.15, 0.2) is 0 Å². The molecule has 0 bridgehead atoms. The number of hydrogen-bond acceptors (Lipinski definition) is 5.